The second kappa shape index (κ2) is 10.6. The summed E-state index contributed by atoms with van der Waals surface area (Å²) in [6, 6.07) is 18.8. The third-order valence-corrected chi connectivity index (χ3v) is 7.69. The second-order valence-electron chi connectivity index (χ2n) is 9.19. The Morgan fingerprint density at radius 2 is 1.57 bits per heavy atom. The first kappa shape index (κ1) is 24.8. The zero-order valence-electron chi connectivity index (χ0n) is 20.9. The maximum atomic E-state index is 13.6. The van der Waals surface area contributed by atoms with Gasteiger partial charge in [0.1, 0.15) is 0 Å². The number of thioether (sulfide) groups is 1. The van der Waals surface area contributed by atoms with Gasteiger partial charge in [0, 0.05) is 44.5 Å². The molecular formula is C28H29N5O3S. The minimum absolute atomic E-state index is 0.00433. The number of piperazine rings is 1. The molecule has 9 heteroatoms. The Labute approximate surface area is 220 Å². The van der Waals surface area contributed by atoms with E-state index in [1.807, 2.05) is 82.8 Å². The minimum atomic E-state index is -0.416. The highest BCUT2D eigenvalue weighted by Gasteiger charge is 2.41. The number of carbonyl (C=O) groups is 3. The first-order chi connectivity index (χ1) is 17.9. The van der Waals surface area contributed by atoms with Gasteiger partial charge in [0.15, 0.2) is 5.17 Å². The van der Waals surface area contributed by atoms with Crippen molar-refractivity contribution in [1.82, 2.24) is 14.7 Å². The van der Waals surface area contributed by atoms with Crippen molar-refractivity contribution in [2.75, 3.05) is 31.5 Å². The van der Waals surface area contributed by atoms with Crippen molar-refractivity contribution in [1.29, 1.82) is 0 Å². The van der Waals surface area contributed by atoms with Crippen LogP contribution in [0, 0.1) is 0 Å². The highest BCUT2D eigenvalue weighted by molar-refractivity contribution is 8.16. The summed E-state index contributed by atoms with van der Waals surface area (Å²) in [5.74, 6) is -0.182. The Hall–Kier alpha value is -3.85. The molecule has 1 unspecified atom stereocenters. The molecule has 190 valence electrons. The third kappa shape index (κ3) is 5.17. The number of nitrogens with zero attached hydrogens (tertiary/aromatic N) is 4. The number of hydrogen-bond donors (Lipinski definition) is 1. The summed E-state index contributed by atoms with van der Waals surface area (Å²) in [5.41, 5.74) is 3.68. The number of carbonyl (C=O) groups excluding carboxylic acids is 3. The van der Waals surface area contributed by atoms with Crippen molar-refractivity contribution in [2.24, 2.45) is 4.99 Å². The van der Waals surface area contributed by atoms with Crippen LogP contribution in [0.15, 0.2) is 88.0 Å². The Kier molecular flexibility index (Phi) is 7.14. The molecule has 1 N–H and O–H groups in total. The average molecular weight is 516 g/mol. The van der Waals surface area contributed by atoms with Gasteiger partial charge in [-0.15, -0.1) is 0 Å². The van der Waals surface area contributed by atoms with Gasteiger partial charge < -0.3 is 20.0 Å². The normalized spacial score (nSPS) is 19.3. The Morgan fingerprint density at radius 1 is 0.946 bits per heavy atom. The Balaban J connectivity index is 1.41. The smallest absolute Gasteiger partial charge is 0.255 e. The summed E-state index contributed by atoms with van der Waals surface area (Å²) in [7, 11) is 0. The number of aliphatic imine (C=N–C) groups is 1. The molecule has 3 amide bonds. The van der Waals surface area contributed by atoms with E-state index >= 15 is 0 Å². The Morgan fingerprint density at radius 3 is 2.22 bits per heavy atom. The van der Waals surface area contributed by atoms with Gasteiger partial charge in [-0.1, -0.05) is 60.3 Å². The van der Waals surface area contributed by atoms with E-state index in [4.69, 9.17) is 4.99 Å². The summed E-state index contributed by atoms with van der Waals surface area (Å²) in [6.07, 6.45) is 0.196. The van der Waals surface area contributed by atoms with Crippen LogP contribution in [0.5, 0.6) is 0 Å². The highest BCUT2D eigenvalue weighted by atomic mass is 32.2. The van der Waals surface area contributed by atoms with Crippen LogP contribution >= 0.6 is 11.8 Å². The monoisotopic (exact) mass is 515 g/mol. The molecule has 0 aliphatic carbocycles. The fraction of sp³-hybridized carbons (Fsp3) is 0.286. The average Bonchev–Trinajstić information content (AvgIpc) is 3.30. The molecule has 0 radical (unpaired) electrons. The van der Waals surface area contributed by atoms with Crippen molar-refractivity contribution in [3.63, 3.8) is 0 Å². The predicted octanol–water partition coefficient (Wildman–Crippen LogP) is 3.98. The van der Waals surface area contributed by atoms with E-state index in [1.54, 1.807) is 11.8 Å². The highest BCUT2D eigenvalue weighted by Crippen LogP contribution is 2.44. The fourth-order valence-electron chi connectivity index (χ4n) is 4.87. The van der Waals surface area contributed by atoms with E-state index in [2.05, 4.69) is 5.32 Å². The lowest BCUT2D eigenvalue weighted by Crippen LogP contribution is -2.50. The van der Waals surface area contributed by atoms with Crippen LogP contribution in [0.1, 0.15) is 31.9 Å². The van der Waals surface area contributed by atoms with Crippen LogP contribution in [0.3, 0.4) is 0 Å². The Bertz CT molecular complexity index is 1300. The third-order valence-electron chi connectivity index (χ3n) is 6.80. The number of amides is 3. The molecule has 3 aliphatic heterocycles. The molecule has 2 aromatic rings. The number of fused-ring (bicyclic) bond motifs is 1. The van der Waals surface area contributed by atoms with Gasteiger partial charge in [0.25, 0.3) is 5.91 Å². The lowest BCUT2D eigenvalue weighted by molar-refractivity contribution is -0.138. The van der Waals surface area contributed by atoms with E-state index in [-0.39, 0.29) is 24.1 Å². The van der Waals surface area contributed by atoms with Crippen LogP contribution < -0.4 is 5.32 Å². The maximum absolute atomic E-state index is 13.6. The molecule has 3 aliphatic rings. The zero-order valence-corrected chi connectivity index (χ0v) is 21.7. The largest absolute Gasteiger partial charge is 0.339 e. The van der Waals surface area contributed by atoms with Gasteiger partial charge in [-0.05, 0) is 30.0 Å². The molecule has 0 aromatic heterocycles. The fourth-order valence-corrected chi connectivity index (χ4v) is 5.83. The number of para-hydroxylation sites is 1. The first-order valence-corrected chi connectivity index (χ1v) is 13.2. The van der Waals surface area contributed by atoms with Gasteiger partial charge in [-0.3, -0.25) is 14.4 Å². The van der Waals surface area contributed by atoms with E-state index < -0.39 is 6.04 Å². The SMILES string of the molecule is CC(=O)N1CCN(C(=O)CC2=CSC3=NC(C)=C(C(=O)Nc4ccccc4)C(c4ccccc4)N23)CC1. The summed E-state index contributed by atoms with van der Waals surface area (Å²) in [5, 5.41) is 5.73. The summed E-state index contributed by atoms with van der Waals surface area (Å²) in [6.45, 7) is 5.54. The van der Waals surface area contributed by atoms with Crippen molar-refractivity contribution in [3.05, 3.63) is 88.6 Å². The van der Waals surface area contributed by atoms with Crippen molar-refractivity contribution < 1.29 is 14.4 Å². The molecule has 5 rings (SSSR count). The van der Waals surface area contributed by atoms with E-state index in [1.165, 1.54) is 11.8 Å². The van der Waals surface area contributed by atoms with Crippen LogP contribution in [-0.2, 0) is 14.4 Å². The molecule has 1 saturated heterocycles. The maximum Gasteiger partial charge on any atom is 0.255 e. The summed E-state index contributed by atoms with van der Waals surface area (Å²) >= 11 is 1.47. The zero-order chi connectivity index (χ0) is 25.9. The lowest BCUT2D eigenvalue weighted by Gasteiger charge is -2.38. The molecule has 0 spiro atoms. The first-order valence-electron chi connectivity index (χ1n) is 12.3. The number of nitrogens with one attached hydrogen (secondary N) is 1. The molecule has 3 heterocycles. The number of benzene rings is 2. The number of anilines is 1. The summed E-state index contributed by atoms with van der Waals surface area (Å²) < 4.78 is 0. The number of allylic oxidation sites excluding steroid dienone is 1. The van der Waals surface area contributed by atoms with Gasteiger partial charge in [-0.2, -0.15) is 0 Å². The van der Waals surface area contributed by atoms with E-state index in [0.29, 0.717) is 43.1 Å². The topological polar surface area (TPSA) is 85.3 Å². The van der Waals surface area contributed by atoms with Crippen molar-refractivity contribution >= 4 is 40.3 Å². The standard InChI is InChI=1S/C28H29N5O3S/c1-19-25(27(36)30-22-11-7-4-8-12-22)26(21-9-5-3-6-10-21)33-23(18-37-28(33)29-19)17-24(35)32-15-13-31(14-16-32)20(2)34/h3-12,18,26H,13-17H2,1-2H3,(H,30,36). The van der Waals surface area contributed by atoms with E-state index in [9.17, 15) is 14.4 Å². The predicted molar refractivity (Wildman–Crippen MR) is 145 cm³/mol. The van der Waals surface area contributed by atoms with Crippen LogP contribution in [0.4, 0.5) is 5.69 Å². The van der Waals surface area contributed by atoms with Crippen LogP contribution in [-0.4, -0.2) is 63.8 Å². The molecule has 1 fully saturated rings. The van der Waals surface area contributed by atoms with Crippen molar-refractivity contribution in [3.8, 4) is 0 Å². The van der Waals surface area contributed by atoms with Crippen LogP contribution in [0.25, 0.3) is 0 Å². The summed E-state index contributed by atoms with van der Waals surface area (Å²) in [4.78, 5) is 48.9. The quantitative estimate of drug-likeness (QED) is 0.651. The van der Waals surface area contributed by atoms with Gasteiger partial charge in [0.05, 0.1) is 23.7 Å². The molecule has 0 saturated carbocycles. The molecule has 2 aromatic carbocycles. The minimum Gasteiger partial charge on any atom is -0.339 e. The van der Waals surface area contributed by atoms with Crippen molar-refractivity contribution in [2.45, 2.75) is 26.3 Å². The molecule has 8 nitrogen and oxygen atoms in total. The van der Waals surface area contributed by atoms with Crippen LogP contribution in [0.2, 0.25) is 0 Å². The van der Waals surface area contributed by atoms with Gasteiger partial charge >= 0.3 is 0 Å². The van der Waals surface area contributed by atoms with Gasteiger partial charge in [0.2, 0.25) is 11.8 Å². The number of amidine groups is 1. The molecular weight excluding hydrogens is 486 g/mol. The van der Waals surface area contributed by atoms with Gasteiger partial charge in [-0.25, -0.2) is 4.99 Å². The molecule has 37 heavy (non-hydrogen) atoms. The second-order valence-corrected chi connectivity index (χ2v) is 10.0. The number of hydrogen-bond acceptors (Lipinski definition) is 6. The molecule has 1 atom stereocenters. The number of rotatable bonds is 5. The molecule has 0 bridgehead atoms. The van der Waals surface area contributed by atoms with E-state index in [0.717, 1.165) is 16.4 Å². The lowest BCUT2D eigenvalue weighted by atomic mass is 9.93.